The van der Waals surface area contributed by atoms with Crippen LogP contribution in [-0.4, -0.2) is 9.32 Å². The van der Waals surface area contributed by atoms with Crippen LogP contribution in [0.15, 0.2) is 58.3 Å². The smallest absolute Gasteiger partial charge is 0.0992 e. The van der Waals surface area contributed by atoms with Gasteiger partial charge in [-0.1, -0.05) is 18.2 Å². The van der Waals surface area contributed by atoms with Crippen LogP contribution in [0.3, 0.4) is 0 Å². The first-order valence-electron chi connectivity index (χ1n) is 5.36. The van der Waals surface area contributed by atoms with Crippen LogP contribution in [0.4, 0.5) is 0 Å². The molecule has 0 amide bonds. The molecule has 0 radical (unpaired) electrons. The van der Waals surface area contributed by atoms with Crippen LogP contribution in [0.2, 0.25) is 0 Å². The maximum Gasteiger partial charge on any atom is 0.0992 e. The summed E-state index contributed by atoms with van der Waals surface area (Å²) in [5, 5.41) is 17.7. The molecule has 4 heteroatoms. The molecule has 0 aliphatic heterocycles. The van der Waals surface area contributed by atoms with Gasteiger partial charge in [-0.2, -0.15) is 5.26 Å². The molecule has 1 atom stereocenters. The van der Waals surface area contributed by atoms with E-state index in [-0.39, 0.29) is 6.61 Å². The number of hydrogen-bond donors (Lipinski definition) is 1. The Morgan fingerprint density at radius 3 is 2.44 bits per heavy atom. The summed E-state index contributed by atoms with van der Waals surface area (Å²) in [6.45, 7) is -0.0309. The number of hydrogen-bond acceptors (Lipinski definition) is 3. The van der Waals surface area contributed by atoms with E-state index in [1.165, 1.54) is 0 Å². The number of benzene rings is 2. The normalized spacial score (nSPS) is 11.8. The van der Waals surface area contributed by atoms with Crippen molar-refractivity contribution in [2.24, 2.45) is 0 Å². The van der Waals surface area contributed by atoms with E-state index in [0.717, 1.165) is 5.56 Å². The van der Waals surface area contributed by atoms with Gasteiger partial charge in [0.1, 0.15) is 0 Å². The molecule has 18 heavy (non-hydrogen) atoms. The van der Waals surface area contributed by atoms with E-state index < -0.39 is 10.8 Å². The highest BCUT2D eigenvalue weighted by Gasteiger charge is 2.07. The van der Waals surface area contributed by atoms with Gasteiger partial charge in [0, 0.05) is 9.79 Å². The molecule has 0 aliphatic carbocycles. The molecule has 2 aromatic rings. The fourth-order valence-corrected chi connectivity index (χ4v) is 2.63. The van der Waals surface area contributed by atoms with E-state index in [2.05, 4.69) is 0 Å². The third-order valence-electron chi connectivity index (χ3n) is 2.50. The van der Waals surface area contributed by atoms with Gasteiger partial charge in [0.2, 0.25) is 0 Å². The van der Waals surface area contributed by atoms with Crippen LogP contribution in [0.1, 0.15) is 11.1 Å². The van der Waals surface area contributed by atoms with Crippen LogP contribution < -0.4 is 0 Å². The fourth-order valence-electron chi connectivity index (χ4n) is 1.54. The lowest BCUT2D eigenvalue weighted by Gasteiger charge is -2.03. The van der Waals surface area contributed by atoms with E-state index in [9.17, 15) is 4.21 Å². The first-order valence-corrected chi connectivity index (χ1v) is 6.51. The van der Waals surface area contributed by atoms with Crippen molar-refractivity contribution in [3.63, 3.8) is 0 Å². The van der Waals surface area contributed by atoms with Crippen molar-refractivity contribution < 1.29 is 9.32 Å². The molecule has 0 aliphatic rings. The molecule has 0 saturated carbocycles. The second-order valence-electron chi connectivity index (χ2n) is 3.71. The van der Waals surface area contributed by atoms with Gasteiger partial charge >= 0.3 is 0 Å². The van der Waals surface area contributed by atoms with Gasteiger partial charge < -0.3 is 5.11 Å². The van der Waals surface area contributed by atoms with Crippen LogP contribution in [0, 0.1) is 11.3 Å². The first-order chi connectivity index (χ1) is 8.74. The molecule has 0 spiro atoms. The molecule has 0 heterocycles. The molecule has 0 saturated heterocycles. The molecule has 1 N–H and O–H groups in total. The molecular weight excluding hydrogens is 246 g/mol. The number of aliphatic hydroxyl groups excluding tert-OH is 1. The van der Waals surface area contributed by atoms with Crippen molar-refractivity contribution in [2.75, 3.05) is 0 Å². The van der Waals surface area contributed by atoms with E-state index >= 15 is 0 Å². The Morgan fingerprint density at radius 2 is 1.83 bits per heavy atom. The summed E-state index contributed by atoms with van der Waals surface area (Å²) in [5.74, 6) is 0. The van der Waals surface area contributed by atoms with Crippen molar-refractivity contribution in [2.45, 2.75) is 16.4 Å². The topological polar surface area (TPSA) is 61.1 Å². The lowest BCUT2D eigenvalue weighted by atomic mass is 10.2. The van der Waals surface area contributed by atoms with Crippen LogP contribution in [0.25, 0.3) is 0 Å². The number of nitrogens with zero attached hydrogens (tertiary/aromatic N) is 1. The van der Waals surface area contributed by atoms with Gasteiger partial charge in [0.05, 0.1) is 29.0 Å². The van der Waals surface area contributed by atoms with Crippen LogP contribution in [0.5, 0.6) is 0 Å². The summed E-state index contributed by atoms with van der Waals surface area (Å²) in [4.78, 5) is 1.26. The minimum Gasteiger partial charge on any atom is -0.392 e. The lowest BCUT2D eigenvalue weighted by molar-refractivity contribution is 0.282. The monoisotopic (exact) mass is 257 g/mol. The summed E-state index contributed by atoms with van der Waals surface area (Å²) in [5.41, 5.74) is 1.27. The Hall–Kier alpha value is -1.96. The molecule has 2 rings (SSSR count). The zero-order valence-corrected chi connectivity index (χ0v) is 10.4. The maximum atomic E-state index is 12.3. The molecule has 90 valence electrons. The lowest BCUT2D eigenvalue weighted by Crippen LogP contribution is -1.94. The summed E-state index contributed by atoms with van der Waals surface area (Å²) >= 11 is 0. The first kappa shape index (κ1) is 12.5. The Balaban J connectivity index is 2.32. The van der Waals surface area contributed by atoms with Crippen molar-refractivity contribution in [3.05, 3.63) is 59.7 Å². The average molecular weight is 257 g/mol. The van der Waals surface area contributed by atoms with Crippen molar-refractivity contribution in [1.29, 1.82) is 5.26 Å². The zero-order valence-electron chi connectivity index (χ0n) is 9.54. The van der Waals surface area contributed by atoms with Crippen molar-refractivity contribution in [1.82, 2.24) is 0 Å². The second kappa shape index (κ2) is 5.58. The standard InChI is InChI=1S/C14H11NO2S/c15-9-12-2-1-3-14(8-12)18(17)13-6-4-11(10-16)5-7-13/h1-8,16H,10H2/t18-/m1/s1. The molecule has 3 nitrogen and oxygen atoms in total. The van der Waals surface area contributed by atoms with Crippen molar-refractivity contribution in [3.8, 4) is 6.07 Å². The Bertz CT molecular complexity index is 614. The quantitative estimate of drug-likeness (QED) is 0.917. The van der Waals surface area contributed by atoms with E-state index in [4.69, 9.17) is 10.4 Å². The van der Waals surface area contributed by atoms with Gasteiger partial charge in [-0.3, -0.25) is 0 Å². The molecule has 2 aromatic carbocycles. The highest BCUT2D eigenvalue weighted by atomic mass is 32.2. The number of aliphatic hydroxyl groups is 1. The fraction of sp³-hybridized carbons (Fsp3) is 0.0714. The van der Waals surface area contributed by atoms with E-state index in [0.29, 0.717) is 15.4 Å². The van der Waals surface area contributed by atoms with Gasteiger partial charge in [0.25, 0.3) is 0 Å². The van der Waals surface area contributed by atoms with Crippen LogP contribution >= 0.6 is 0 Å². The molecule has 0 aromatic heterocycles. The Labute approximate surface area is 108 Å². The number of rotatable bonds is 3. The highest BCUT2D eigenvalue weighted by Crippen LogP contribution is 2.18. The SMILES string of the molecule is N#Cc1cccc([S@](=O)c2ccc(CO)cc2)c1. The van der Waals surface area contributed by atoms with E-state index in [1.807, 2.05) is 6.07 Å². The molecular formula is C14H11NO2S. The maximum absolute atomic E-state index is 12.3. The Kier molecular flexibility index (Phi) is 3.88. The molecule has 0 fully saturated rings. The predicted octanol–water partition coefficient (Wildman–Crippen LogP) is 2.22. The minimum atomic E-state index is -1.30. The van der Waals surface area contributed by atoms with Gasteiger partial charge in [0.15, 0.2) is 0 Å². The molecule has 0 bridgehead atoms. The summed E-state index contributed by atoms with van der Waals surface area (Å²) in [6.07, 6.45) is 0. The summed E-state index contributed by atoms with van der Waals surface area (Å²) in [6, 6.07) is 15.7. The van der Waals surface area contributed by atoms with E-state index in [1.54, 1.807) is 48.5 Å². The minimum absolute atomic E-state index is 0.0309. The second-order valence-corrected chi connectivity index (χ2v) is 5.19. The third kappa shape index (κ3) is 2.65. The zero-order chi connectivity index (χ0) is 13.0. The average Bonchev–Trinajstić information content (AvgIpc) is 2.46. The third-order valence-corrected chi connectivity index (χ3v) is 3.88. The highest BCUT2D eigenvalue weighted by molar-refractivity contribution is 7.85. The predicted molar refractivity (Wildman–Crippen MR) is 68.2 cm³/mol. The Morgan fingerprint density at radius 1 is 1.11 bits per heavy atom. The number of nitriles is 1. The largest absolute Gasteiger partial charge is 0.392 e. The van der Waals surface area contributed by atoms with Crippen molar-refractivity contribution >= 4 is 10.8 Å². The van der Waals surface area contributed by atoms with Crippen LogP contribution in [-0.2, 0) is 17.4 Å². The van der Waals surface area contributed by atoms with Gasteiger partial charge in [-0.25, -0.2) is 4.21 Å². The van der Waals surface area contributed by atoms with Gasteiger partial charge in [-0.15, -0.1) is 0 Å². The summed E-state index contributed by atoms with van der Waals surface area (Å²) in [7, 11) is -1.30. The van der Waals surface area contributed by atoms with Gasteiger partial charge in [-0.05, 0) is 35.9 Å². The summed E-state index contributed by atoms with van der Waals surface area (Å²) < 4.78 is 12.3. The molecule has 0 unspecified atom stereocenters.